The molecule has 2 atom stereocenters. The molecule has 17 nitrogen and oxygen atoms in total. The molecule has 2 rings (SSSR count). The van der Waals surface area contributed by atoms with Crippen LogP contribution in [0.2, 0.25) is 0 Å². The van der Waals surface area contributed by atoms with Gasteiger partial charge in [-0.05, 0) is 67.2 Å². The normalized spacial score (nSPS) is 16.6. The minimum Gasteiger partial charge on any atom is -1.00 e. The molecule has 0 aromatic rings. The molecule has 2 aliphatic heterocycles. The Bertz CT molecular complexity index is 1310. The van der Waals surface area contributed by atoms with Gasteiger partial charge in [-0.25, -0.2) is 19.2 Å². The van der Waals surface area contributed by atoms with Crippen LogP contribution in [0.3, 0.4) is 0 Å². The van der Waals surface area contributed by atoms with Gasteiger partial charge >= 0.3 is 108 Å². The van der Waals surface area contributed by atoms with Crippen LogP contribution in [0.15, 0.2) is 0 Å². The number of esters is 2. The SMILES string of the molecule is CC(C)(C)OC(=O)N1CCC[C@H]1C(=O)NC(=O)C(F)(F)F.CC(C)(C)OC(=O)N1CCC[C@H]1C(N)=O.O=C(OC(=O)C(F)(F)F)C(F)(F)F.O=CO[O-].[H-].[Na+].[Na+]. The van der Waals surface area contributed by atoms with Gasteiger partial charge in [0, 0.05) is 13.1 Å². The number of nitrogens with zero attached hydrogens (tertiary/aromatic N) is 2. The summed E-state index contributed by atoms with van der Waals surface area (Å²) in [5, 5.41) is 9.69. The number of nitrogens with one attached hydrogen (secondary N) is 1. The van der Waals surface area contributed by atoms with Crippen LogP contribution in [-0.2, 0) is 47.9 Å². The average molecular weight is 843 g/mol. The fourth-order valence-corrected chi connectivity index (χ4v) is 3.65. The first kappa shape index (κ1) is 58.8. The average Bonchev–Trinajstić information content (AvgIpc) is 3.65. The first-order valence-corrected chi connectivity index (χ1v) is 14.5. The molecule has 0 saturated carbocycles. The van der Waals surface area contributed by atoms with Crippen molar-refractivity contribution >= 4 is 48.3 Å². The second kappa shape index (κ2) is 24.7. The zero-order chi connectivity index (χ0) is 42.3. The van der Waals surface area contributed by atoms with Crippen molar-refractivity contribution in [2.75, 3.05) is 13.1 Å². The predicted molar refractivity (Wildman–Crippen MR) is 152 cm³/mol. The summed E-state index contributed by atoms with van der Waals surface area (Å²) in [6, 6.07) is -1.63. The van der Waals surface area contributed by atoms with E-state index in [9.17, 15) is 73.1 Å². The fraction of sp³-hybridized carbons (Fsp3) is 0.704. The number of primary amides is 1. The van der Waals surface area contributed by atoms with Crippen molar-refractivity contribution in [1.82, 2.24) is 15.1 Å². The maximum atomic E-state index is 12.1. The van der Waals surface area contributed by atoms with Crippen LogP contribution >= 0.6 is 0 Å². The third kappa shape index (κ3) is 25.1. The molecule has 5 amide bonds. The fourth-order valence-electron chi connectivity index (χ4n) is 3.65. The topological polar surface area (TPSA) is 241 Å². The Balaban J connectivity index is -0.000000221. The Morgan fingerprint density at radius 2 is 1.02 bits per heavy atom. The summed E-state index contributed by atoms with van der Waals surface area (Å²) in [6.07, 6.45) is -15.6. The minimum atomic E-state index is -5.62. The molecular weight excluding hydrogens is 805 g/mol. The van der Waals surface area contributed by atoms with Crippen molar-refractivity contribution in [3.05, 3.63) is 0 Å². The van der Waals surface area contributed by atoms with Crippen LogP contribution in [0.1, 0.15) is 68.7 Å². The second-order valence-corrected chi connectivity index (χ2v) is 12.2. The number of carbonyl (C=O) groups excluding carboxylic acids is 8. The van der Waals surface area contributed by atoms with E-state index in [2.05, 4.69) is 9.62 Å². The van der Waals surface area contributed by atoms with Gasteiger partial charge in [0.1, 0.15) is 23.3 Å². The number of nitrogens with two attached hydrogens (primary N) is 1. The third-order valence-corrected chi connectivity index (χ3v) is 5.57. The summed E-state index contributed by atoms with van der Waals surface area (Å²) in [7, 11) is 0. The van der Waals surface area contributed by atoms with E-state index < -0.39 is 83.7 Å². The van der Waals surface area contributed by atoms with E-state index in [1.807, 2.05) is 0 Å². The predicted octanol–water partition coefficient (Wildman–Crippen LogP) is -3.80. The van der Waals surface area contributed by atoms with Crippen molar-refractivity contribution in [2.45, 2.75) is 109 Å². The zero-order valence-electron chi connectivity index (χ0n) is 31.7. The molecule has 0 aliphatic carbocycles. The maximum Gasteiger partial charge on any atom is 1.00 e. The number of rotatable bonds is 3. The van der Waals surface area contributed by atoms with Crippen LogP contribution in [0.5, 0.6) is 0 Å². The molecule has 308 valence electrons. The van der Waals surface area contributed by atoms with Gasteiger partial charge in [0.2, 0.25) is 11.8 Å². The number of ether oxygens (including phenoxy) is 3. The van der Waals surface area contributed by atoms with E-state index in [4.69, 9.17) is 25.3 Å². The molecule has 28 heteroatoms. The van der Waals surface area contributed by atoms with Crippen molar-refractivity contribution in [3.63, 3.8) is 0 Å². The number of carbonyl (C=O) groups is 8. The number of hydrogen-bond acceptors (Lipinski definition) is 13. The van der Waals surface area contributed by atoms with E-state index in [1.165, 1.54) is 10.2 Å². The number of imide groups is 1. The molecule has 2 heterocycles. The zero-order valence-corrected chi connectivity index (χ0v) is 34.7. The van der Waals surface area contributed by atoms with E-state index in [0.717, 1.165) is 11.3 Å². The molecule has 2 aliphatic rings. The molecular formula is C27H37F9N4Na2O13. The van der Waals surface area contributed by atoms with Crippen LogP contribution in [0.25, 0.3) is 0 Å². The van der Waals surface area contributed by atoms with Crippen molar-refractivity contribution in [3.8, 4) is 0 Å². The Morgan fingerprint density at radius 1 is 0.691 bits per heavy atom. The van der Waals surface area contributed by atoms with Gasteiger partial charge in [-0.15, -0.1) is 0 Å². The number of halogens is 9. The largest absolute Gasteiger partial charge is 1.00 e. The molecule has 0 aromatic heterocycles. The number of likely N-dealkylation sites (tertiary alicyclic amines) is 2. The van der Waals surface area contributed by atoms with Crippen molar-refractivity contribution < 1.29 is 163 Å². The van der Waals surface area contributed by atoms with E-state index >= 15 is 0 Å². The monoisotopic (exact) mass is 842 g/mol. The molecule has 0 spiro atoms. The number of hydrogen-bond donors (Lipinski definition) is 2. The molecule has 0 aromatic carbocycles. The number of amides is 5. The standard InChI is InChI=1S/C12H17F3N2O4.C10H18N2O3.C4F6O3.CH2O3.2Na.H/c1-11(2,3)21-10(20)17-6-4-5-7(17)8(18)16-9(19)12(13,14)15;1-10(2,3)15-9(14)12-6-4-5-7(12)8(11)13;5-3(6,7)1(11)13-2(12)4(8,9)10;2-1-4-3;;;/h7H,4-6H2,1-3H3,(H,16,18,19);7H,4-6H2,1-3H3,(H2,11,13);;1,3H;;;/q;;;;2*+1;-1/p-1/t2*7-;;;;;/m00...../s1. The van der Waals surface area contributed by atoms with E-state index in [1.54, 1.807) is 41.5 Å². The van der Waals surface area contributed by atoms with Crippen LogP contribution in [-0.4, -0.2) is 113 Å². The van der Waals surface area contributed by atoms with Gasteiger partial charge in [0.15, 0.2) is 0 Å². The van der Waals surface area contributed by atoms with Crippen LogP contribution in [0, 0.1) is 0 Å². The molecule has 2 fully saturated rings. The first-order valence-electron chi connectivity index (χ1n) is 14.5. The summed E-state index contributed by atoms with van der Waals surface area (Å²) < 4.78 is 116. The van der Waals surface area contributed by atoms with Crippen LogP contribution < -0.4 is 75.4 Å². The van der Waals surface area contributed by atoms with Crippen molar-refractivity contribution in [1.29, 1.82) is 0 Å². The number of alkyl halides is 9. The van der Waals surface area contributed by atoms with Gasteiger partial charge in [-0.2, -0.15) is 39.5 Å². The minimum absolute atomic E-state index is 0. The third-order valence-electron chi connectivity index (χ3n) is 5.57. The Labute approximate surface area is 352 Å². The smallest absolute Gasteiger partial charge is 1.00 e. The van der Waals surface area contributed by atoms with E-state index in [-0.39, 0.29) is 80.0 Å². The quantitative estimate of drug-likeness (QED) is 0.0406. The Hall–Kier alpha value is -2.91. The van der Waals surface area contributed by atoms with Gasteiger partial charge in [-0.1, -0.05) is 0 Å². The van der Waals surface area contributed by atoms with Crippen molar-refractivity contribution in [2.24, 2.45) is 5.73 Å². The van der Waals surface area contributed by atoms with Crippen LogP contribution in [0.4, 0.5) is 49.1 Å². The maximum absolute atomic E-state index is 12.1. The summed E-state index contributed by atoms with van der Waals surface area (Å²) >= 11 is 0. The second-order valence-electron chi connectivity index (χ2n) is 12.2. The molecule has 55 heavy (non-hydrogen) atoms. The summed E-state index contributed by atoms with van der Waals surface area (Å²) in [6.45, 7) is 10.8. The molecule has 0 unspecified atom stereocenters. The van der Waals surface area contributed by atoms with E-state index in [0.29, 0.717) is 19.4 Å². The summed E-state index contributed by atoms with van der Waals surface area (Å²) in [5.74, 6) is -10.4. The molecule has 3 N–H and O–H groups in total. The molecule has 2 saturated heterocycles. The molecule has 0 bridgehead atoms. The van der Waals surface area contributed by atoms with Gasteiger partial charge in [0.05, 0.1) is 0 Å². The summed E-state index contributed by atoms with van der Waals surface area (Å²) in [5.41, 5.74) is 3.87. The first-order chi connectivity index (χ1) is 23.7. The van der Waals surface area contributed by atoms with Gasteiger partial charge < -0.3 is 31.5 Å². The van der Waals surface area contributed by atoms with Gasteiger partial charge in [-0.3, -0.25) is 34.3 Å². The Kier molecular flexibility index (Phi) is 26.4. The summed E-state index contributed by atoms with van der Waals surface area (Å²) in [4.78, 5) is 90.0. The molecule has 0 radical (unpaired) electrons. The Morgan fingerprint density at radius 3 is 1.29 bits per heavy atom. The van der Waals surface area contributed by atoms with Gasteiger partial charge in [0.25, 0.3) is 6.47 Å².